The Bertz CT molecular complexity index is 952. The summed E-state index contributed by atoms with van der Waals surface area (Å²) in [6.45, 7) is 2.65. The molecular weight excluding hydrogens is 397 g/mol. The van der Waals surface area contributed by atoms with E-state index in [0.29, 0.717) is 24.3 Å². The zero-order chi connectivity index (χ0) is 20.9. The number of esters is 1. The molecule has 0 amide bonds. The first-order valence-corrected chi connectivity index (χ1v) is 10.9. The highest BCUT2D eigenvalue weighted by molar-refractivity contribution is 5.88. The van der Waals surface area contributed by atoms with Gasteiger partial charge in [0.25, 0.3) is 0 Å². The SMILES string of the molecule is O=C(OC[C@H]1CCC[NH+]2CCCC[C@@H]12)c1cc2nc(C3CC3)cc(C(F)(F)F)n2n1. The normalized spacial score (nSPS) is 27.1. The maximum Gasteiger partial charge on any atom is 0.433 e. The second kappa shape index (κ2) is 7.51. The number of ether oxygens (including phenoxy) is 1. The molecule has 0 spiro atoms. The maximum atomic E-state index is 13.5. The Morgan fingerprint density at radius 3 is 2.70 bits per heavy atom. The number of alkyl halides is 3. The highest BCUT2D eigenvalue weighted by Crippen LogP contribution is 2.41. The van der Waals surface area contributed by atoms with Gasteiger partial charge in [0, 0.05) is 23.6 Å². The van der Waals surface area contributed by atoms with E-state index < -0.39 is 17.8 Å². The predicted molar refractivity (Wildman–Crippen MR) is 101 cm³/mol. The number of aromatic nitrogens is 3. The number of fused-ring (bicyclic) bond motifs is 2. The summed E-state index contributed by atoms with van der Waals surface area (Å²) in [5, 5.41) is 3.90. The first-order chi connectivity index (χ1) is 14.4. The highest BCUT2D eigenvalue weighted by Gasteiger charge is 2.39. The van der Waals surface area contributed by atoms with Crippen LogP contribution in [0.2, 0.25) is 0 Å². The van der Waals surface area contributed by atoms with Gasteiger partial charge >= 0.3 is 12.1 Å². The Kier molecular flexibility index (Phi) is 4.95. The number of hydrogen-bond acceptors (Lipinski definition) is 4. The Balaban J connectivity index is 1.35. The molecule has 0 aromatic carbocycles. The standard InChI is InChI=1S/C21H25F3N4O2/c22-21(23,24)18-10-15(13-6-7-13)25-19-11-16(26-28(18)19)20(29)30-12-14-4-3-9-27-8-2-1-5-17(14)27/h10-11,13-14,17H,1-9,12H2/p+1/t14-,17+/m1/s1. The van der Waals surface area contributed by atoms with Crippen molar-refractivity contribution >= 4 is 11.6 Å². The predicted octanol–water partition coefficient (Wildman–Crippen LogP) is 2.63. The van der Waals surface area contributed by atoms with Gasteiger partial charge < -0.3 is 9.64 Å². The van der Waals surface area contributed by atoms with Gasteiger partial charge in [0.15, 0.2) is 11.3 Å². The Morgan fingerprint density at radius 1 is 1.13 bits per heavy atom. The summed E-state index contributed by atoms with van der Waals surface area (Å²) < 4.78 is 46.8. The van der Waals surface area contributed by atoms with E-state index in [2.05, 4.69) is 10.1 Å². The van der Waals surface area contributed by atoms with E-state index in [-0.39, 0.29) is 17.3 Å². The summed E-state index contributed by atoms with van der Waals surface area (Å²) in [5.41, 5.74) is -0.566. The van der Waals surface area contributed by atoms with E-state index in [4.69, 9.17) is 4.74 Å². The van der Waals surface area contributed by atoms with E-state index in [1.165, 1.54) is 32.0 Å². The van der Waals surface area contributed by atoms with Crippen molar-refractivity contribution in [2.45, 2.75) is 63.1 Å². The first kappa shape index (κ1) is 19.8. The molecular formula is C21H26F3N4O2+. The minimum atomic E-state index is -4.58. The van der Waals surface area contributed by atoms with E-state index in [1.807, 2.05) is 0 Å². The van der Waals surface area contributed by atoms with Crippen LogP contribution in [-0.2, 0) is 10.9 Å². The van der Waals surface area contributed by atoms with E-state index in [9.17, 15) is 18.0 Å². The largest absolute Gasteiger partial charge is 0.460 e. The molecule has 3 atom stereocenters. The van der Waals surface area contributed by atoms with Crippen LogP contribution in [-0.4, -0.2) is 46.3 Å². The van der Waals surface area contributed by atoms with Gasteiger partial charge in [0.2, 0.25) is 0 Å². The quantitative estimate of drug-likeness (QED) is 0.769. The number of quaternary nitrogens is 1. The minimum absolute atomic E-state index is 0.0410. The fourth-order valence-corrected chi connectivity index (χ4v) is 5.12. The van der Waals surface area contributed by atoms with Crippen molar-refractivity contribution in [3.63, 3.8) is 0 Å². The Labute approximate surface area is 172 Å². The van der Waals surface area contributed by atoms with Crippen LogP contribution in [0.25, 0.3) is 5.65 Å². The molecule has 1 aliphatic carbocycles. The van der Waals surface area contributed by atoms with Crippen LogP contribution < -0.4 is 4.90 Å². The maximum absolute atomic E-state index is 13.5. The molecule has 9 heteroatoms. The molecule has 2 aromatic heterocycles. The zero-order valence-electron chi connectivity index (χ0n) is 16.7. The fourth-order valence-electron chi connectivity index (χ4n) is 5.12. The lowest BCUT2D eigenvalue weighted by Gasteiger charge is -2.40. The molecule has 4 heterocycles. The van der Waals surface area contributed by atoms with Gasteiger partial charge in [-0.25, -0.2) is 14.3 Å². The summed E-state index contributed by atoms with van der Waals surface area (Å²) in [6.07, 6.45) is 2.85. The molecule has 1 N–H and O–H groups in total. The summed E-state index contributed by atoms with van der Waals surface area (Å²) in [4.78, 5) is 18.5. The van der Waals surface area contributed by atoms with Gasteiger partial charge in [-0.15, -0.1) is 0 Å². The van der Waals surface area contributed by atoms with Crippen LogP contribution in [0, 0.1) is 5.92 Å². The Hall–Kier alpha value is -2.16. The summed E-state index contributed by atoms with van der Waals surface area (Å²) in [7, 11) is 0. The lowest BCUT2D eigenvalue weighted by atomic mass is 9.84. The van der Waals surface area contributed by atoms with E-state index in [1.54, 1.807) is 4.90 Å². The third kappa shape index (κ3) is 3.79. The topological polar surface area (TPSA) is 60.9 Å². The fraction of sp³-hybridized carbons (Fsp3) is 0.667. The minimum Gasteiger partial charge on any atom is -0.460 e. The van der Waals surface area contributed by atoms with E-state index in [0.717, 1.165) is 42.7 Å². The first-order valence-electron chi connectivity index (χ1n) is 10.9. The van der Waals surface area contributed by atoms with Crippen LogP contribution in [0.1, 0.15) is 72.7 Å². The number of piperidine rings is 2. The molecule has 162 valence electrons. The molecule has 2 saturated heterocycles. The lowest BCUT2D eigenvalue weighted by molar-refractivity contribution is -0.940. The summed E-state index contributed by atoms with van der Waals surface area (Å²) in [6, 6.07) is 2.87. The van der Waals surface area contributed by atoms with Gasteiger partial charge in [-0.05, 0) is 51.0 Å². The molecule has 6 nitrogen and oxygen atoms in total. The number of halogens is 3. The molecule has 0 bridgehead atoms. The van der Waals surface area contributed by atoms with E-state index >= 15 is 0 Å². The lowest BCUT2D eigenvalue weighted by Crippen LogP contribution is -3.18. The average Bonchev–Trinajstić information content (AvgIpc) is 3.49. The van der Waals surface area contributed by atoms with Gasteiger partial charge in [-0.2, -0.15) is 18.3 Å². The Morgan fingerprint density at radius 2 is 1.93 bits per heavy atom. The third-order valence-corrected chi connectivity index (χ3v) is 6.80. The highest BCUT2D eigenvalue weighted by atomic mass is 19.4. The van der Waals surface area contributed by atoms with Gasteiger partial charge in [0.05, 0.1) is 19.1 Å². The van der Waals surface area contributed by atoms with Gasteiger partial charge in [-0.3, -0.25) is 0 Å². The van der Waals surface area contributed by atoms with Crippen molar-refractivity contribution in [3.8, 4) is 0 Å². The molecule has 2 aliphatic heterocycles. The second-order valence-corrected chi connectivity index (χ2v) is 8.90. The van der Waals surface area contributed by atoms with Crippen molar-refractivity contribution in [3.05, 3.63) is 29.2 Å². The van der Waals surface area contributed by atoms with Crippen molar-refractivity contribution in [2.24, 2.45) is 5.92 Å². The smallest absolute Gasteiger partial charge is 0.433 e. The number of carbonyl (C=O) groups excluding carboxylic acids is 1. The number of carbonyl (C=O) groups is 1. The molecule has 5 rings (SSSR count). The van der Waals surface area contributed by atoms with Crippen molar-refractivity contribution < 1.29 is 27.6 Å². The number of nitrogens with zero attached hydrogens (tertiary/aromatic N) is 3. The number of rotatable bonds is 4. The number of nitrogens with one attached hydrogen (secondary N) is 1. The van der Waals surface area contributed by atoms with Crippen LogP contribution in [0.5, 0.6) is 0 Å². The van der Waals surface area contributed by atoms with Crippen LogP contribution in [0.3, 0.4) is 0 Å². The van der Waals surface area contributed by atoms with Gasteiger partial charge in [0.1, 0.15) is 12.3 Å². The number of hydrogen-bond donors (Lipinski definition) is 1. The third-order valence-electron chi connectivity index (χ3n) is 6.80. The average molecular weight is 423 g/mol. The molecule has 0 radical (unpaired) electrons. The molecule has 30 heavy (non-hydrogen) atoms. The van der Waals surface area contributed by atoms with Crippen LogP contribution in [0.4, 0.5) is 13.2 Å². The van der Waals surface area contributed by atoms with Crippen molar-refractivity contribution in [1.29, 1.82) is 0 Å². The van der Waals surface area contributed by atoms with Crippen LogP contribution in [0.15, 0.2) is 12.1 Å². The second-order valence-electron chi connectivity index (χ2n) is 8.90. The van der Waals surface area contributed by atoms with Crippen LogP contribution >= 0.6 is 0 Å². The van der Waals surface area contributed by atoms with Crippen molar-refractivity contribution in [2.75, 3.05) is 19.7 Å². The monoisotopic (exact) mass is 423 g/mol. The summed E-state index contributed by atoms with van der Waals surface area (Å²) in [5.74, 6) is -0.307. The molecule has 3 aliphatic rings. The summed E-state index contributed by atoms with van der Waals surface area (Å²) >= 11 is 0. The molecule has 1 saturated carbocycles. The van der Waals surface area contributed by atoms with Gasteiger partial charge in [-0.1, -0.05) is 0 Å². The molecule has 2 aromatic rings. The molecule has 3 fully saturated rings. The zero-order valence-corrected chi connectivity index (χ0v) is 16.7. The molecule has 1 unspecified atom stereocenters. The van der Waals surface area contributed by atoms with Crippen molar-refractivity contribution in [1.82, 2.24) is 14.6 Å².